The third-order valence-corrected chi connectivity index (χ3v) is 19.3. The lowest BCUT2D eigenvalue weighted by molar-refractivity contribution is -0.161. The summed E-state index contributed by atoms with van der Waals surface area (Å²) >= 11 is 0. The number of carbonyl (C=O) groups excluding carboxylic acids is 4. The second kappa shape index (κ2) is 63.5. The number of esters is 4. The number of aliphatic hydroxyl groups excluding tert-OH is 1. The summed E-state index contributed by atoms with van der Waals surface area (Å²) in [4.78, 5) is 72.7. The number of aliphatic hydroxyl groups is 1. The standard InChI is InChI=1S/C74H144O17P2/c1-9-67(8)53-45-37-29-23-25-33-41-49-57-74(79)91-70(61-85-72(77)55-47-39-31-24-22-28-36-44-52-66(6)7)63-89-93(82,83)87-59-68(75)58-86-92(80,81)88-62-69(90-73(78)56-48-40-32-21-17-13-15-19-27-35-43-51-65(4)5)60-84-71(76)54-46-38-30-20-16-12-10-11-14-18-26-34-42-50-64(2)3/h64-70,75H,9-63H2,1-8H3,(H,80,81)(H,82,83)/t67?,68?,69-,70-/m1/s1. The fourth-order valence-corrected chi connectivity index (χ4v) is 12.7. The fraction of sp³-hybridized carbons (Fsp3) is 0.946. The van der Waals surface area contributed by atoms with Crippen LogP contribution in [0.1, 0.15) is 370 Å². The Hall–Kier alpha value is -1.94. The Morgan fingerprint density at radius 1 is 0.301 bits per heavy atom. The van der Waals surface area contributed by atoms with Crippen LogP contribution in [-0.2, 0) is 65.4 Å². The van der Waals surface area contributed by atoms with E-state index in [2.05, 4.69) is 55.4 Å². The zero-order chi connectivity index (χ0) is 68.9. The zero-order valence-electron chi connectivity index (χ0n) is 60.9. The summed E-state index contributed by atoms with van der Waals surface area (Å²) in [5.74, 6) is 0.928. The maximum atomic E-state index is 13.1. The Balaban J connectivity index is 5.26. The minimum absolute atomic E-state index is 0.104. The van der Waals surface area contributed by atoms with E-state index >= 15 is 0 Å². The van der Waals surface area contributed by atoms with Crippen molar-refractivity contribution in [3.8, 4) is 0 Å². The number of ether oxygens (including phenoxy) is 4. The summed E-state index contributed by atoms with van der Waals surface area (Å²) in [6, 6.07) is 0. The van der Waals surface area contributed by atoms with E-state index < -0.39 is 97.5 Å². The molecule has 0 aliphatic carbocycles. The van der Waals surface area contributed by atoms with Gasteiger partial charge in [0.25, 0.3) is 0 Å². The van der Waals surface area contributed by atoms with Crippen LogP contribution in [-0.4, -0.2) is 96.7 Å². The minimum atomic E-state index is -4.96. The minimum Gasteiger partial charge on any atom is -0.462 e. The highest BCUT2D eigenvalue weighted by molar-refractivity contribution is 7.47. The van der Waals surface area contributed by atoms with Gasteiger partial charge in [0.15, 0.2) is 12.2 Å². The quantitative estimate of drug-likeness (QED) is 0.0222. The van der Waals surface area contributed by atoms with Gasteiger partial charge in [-0.15, -0.1) is 0 Å². The zero-order valence-corrected chi connectivity index (χ0v) is 62.7. The smallest absolute Gasteiger partial charge is 0.462 e. The third kappa shape index (κ3) is 67.0. The molecule has 6 atom stereocenters. The first kappa shape index (κ1) is 91.1. The van der Waals surface area contributed by atoms with Gasteiger partial charge >= 0.3 is 39.5 Å². The number of unbranched alkanes of at least 4 members (excludes halogenated alkanes) is 36. The van der Waals surface area contributed by atoms with Gasteiger partial charge in [0.2, 0.25) is 0 Å². The molecule has 0 rings (SSSR count). The molecule has 93 heavy (non-hydrogen) atoms. The number of phosphoric ester groups is 2. The van der Waals surface area contributed by atoms with Gasteiger partial charge in [-0.3, -0.25) is 37.3 Å². The van der Waals surface area contributed by atoms with Gasteiger partial charge in [-0.1, -0.05) is 319 Å². The number of hydrogen-bond acceptors (Lipinski definition) is 15. The summed E-state index contributed by atoms with van der Waals surface area (Å²) in [6.07, 6.45) is 47.1. The third-order valence-electron chi connectivity index (χ3n) is 17.4. The van der Waals surface area contributed by atoms with Crippen molar-refractivity contribution in [1.82, 2.24) is 0 Å². The highest BCUT2D eigenvalue weighted by Gasteiger charge is 2.30. The molecule has 4 unspecified atom stereocenters. The molecule has 0 saturated heterocycles. The molecule has 0 bridgehead atoms. The second-order valence-corrected chi connectivity index (χ2v) is 31.3. The highest BCUT2D eigenvalue weighted by atomic mass is 31.2. The molecule has 0 aromatic carbocycles. The van der Waals surface area contributed by atoms with Gasteiger partial charge in [0.1, 0.15) is 19.3 Å². The van der Waals surface area contributed by atoms with Crippen LogP contribution < -0.4 is 0 Å². The maximum absolute atomic E-state index is 13.1. The second-order valence-electron chi connectivity index (χ2n) is 28.4. The van der Waals surface area contributed by atoms with Gasteiger partial charge in [-0.25, -0.2) is 9.13 Å². The van der Waals surface area contributed by atoms with E-state index in [1.54, 1.807) is 0 Å². The van der Waals surface area contributed by atoms with Gasteiger partial charge < -0.3 is 33.8 Å². The fourth-order valence-electron chi connectivity index (χ4n) is 11.2. The molecule has 0 saturated carbocycles. The van der Waals surface area contributed by atoms with E-state index in [0.717, 1.165) is 114 Å². The molecule has 0 spiro atoms. The monoisotopic (exact) mass is 1370 g/mol. The molecule has 17 nitrogen and oxygen atoms in total. The molecule has 3 N–H and O–H groups in total. The molecule has 0 radical (unpaired) electrons. The van der Waals surface area contributed by atoms with Crippen LogP contribution in [0.15, 0.2) is 0 Å². The summed E-state index contributed by atoms with van der Waals surface area (Å²) in [7, 11) is -9.91. The van der Waals surface area contributed by atoms with Crippen LogP contribution in [0, 0.1) is 23.7 Å². The average Bonchev–Trinajstić information content (AvgIpc) is 3.70. The molecule has 0 aromatic rings. The van der Waals surface area contributed by atoms with Crippen molar-refractivity contribution < 1.29 is 80.2 Å². The predicted molar refractivity (Wildman–Crippen MR) is 377 cm³/mol. The van der Waals surface area contributed by atoms with E-state index in [4.69, 9.17) is 37.0 Å². The lowest BCUT2D eigenvalue weighted by Gasteiger charge is -2.21. The first-order valence-electron chi connectivity index (χ1n) is 38.2. The van der Waals surface area contributed by atoms with Crippen molar-refractivity contribution in [3.05, 3.63) is 0 Å². The largest absolute Gasteiger partial charge is 0.472 e. The Morgan fingerprint density at radius 2 is 0.516 bits per heavy atom. The van der Waals surface area contributed by atoms with Crippen LogP contribution in [0.3, 0.4) is 0 Å². The maximum Gasteiger partial charge on any atom is 0.472 e. The van der Waals surface area contributed by atoms with Crippen molar-refractivity contribution in [2.24, 2.45) is 23.7 Å². The average molecular weight is 1370 g/mol. The van der Waals surface area contributed by atoms with E-state index in [-0.39, 0.29) is 25.7 Å². The predicted octanol–water partition coefficient (Wildman–Crippen LogP) is 21.3. The van der Waals surface area contributed by atoms with Crippen molar-refractivity contribution >= 4 is 39.5 Å². The normalized spacial score (nSPS) is 14.5. The molecule has 0 heterocycles. The Kier molecular flexibility index (Phi) is 62.2. The molecule has 552 valence electrons. The molecule has 0 amide bonds. The van der Waals surface area contributed by atoms with Crippen LogP contribution >= 0.6 is 15.6 Å². The Labute approximate surface area is 568 Å². The van der Waals surface area contributed by atoms with Crippen LogP contribution in [0.25, 0.3) is 0 Å². The molecule has 0 fully saturated rings. The molecule has 0 aliphatic heterocycles. The Morgan fingerprint density at radius 3 is 0.763 bits per heavy atom. The van der Waals surface area contributed by atoms with E-state index in [1.165, 1.54) is 173 Å². The SMILES string of the molecule is CCC(C)CCCCCCCCCCC(=O)O[C@H](COC(=O)CCCCCCCCCCC(C)C)COP(=O)(O)OCC(O)COP(=O)(O)OC[C@@H](COC(=O)CCCCCCCCCCCCCCCC(C)C)OC(=O)CCCCCCCCCCCCCC(C)C. The van der Waals surface area contributed by atoms with Crippen molar-refractivity contribution in [2.75, 3.05) is 39.6 Å². The summed E-state index contributed by atoms with van der Waals surface area (Å²) in [5.41, 5.74) is 0. The molecule has 19 heteroatoms. The topological polar surface area (TPSA) is 237 Å². The first-order chi connectivity index (χ1) is 44.6. The van der Waals surface area contributed by atoms with E-state index in [9.17, 15) is 43.2 Å². The summed E-state index contributed by atoms with van der Waals surface area (Å²) in [5, 5.41) is 10.6. The van der Waals surface area contributed by atoms with Gasteiger partial charge in [-0.2, -0.15) is 0 Å². The molecular weight excluding hydrogens is 1220 g/mol. The number of phosphoric acid groups is 2. The molecule has 0 aliphatic rings. The lowest BCUT2D eigenvalue weighted by Crippen LogP contribution is -2.30. The van der Waals surface area contributed by atoms with Crippen molar-refractivity contribution in [3.63, 3.8) is 0 Å². The number of carbonyl (C=O) groups is 4. The van der Waals surface area contributed by atoms with Crippen molar-refractivity contribution in [1.29, 1.82) is 0 Å². The van der Waals surface area contributed by atoms with E-state index in [1.807, 2.05) is 0 Å². The van der Waals surface area contributed by atoms with Crippen LogP contribution in [0.4, 0.5) is 0 Å². The summed E-state index contributed by atoms with van der Waals surface area (Å²) in [6.45, 7) is 14.2. The van der Waals surface area contributed by atoms with Gasteiger partial charge in [-0.05, 0) is 49.4 Å². The lowest BCUT2D eigenvalue weighted by atomic mass is 9.99. The van der Waals surface area contributed by atoms with Gasteiger partial charge in [0.05, 0.1) is 26.4 Å². The number of rotatable bonds is 71. The van der Waals surface area contributed by atoms with Gasteiger partial charge in [0, 0.05) is 25.7 Å². The van der Waals surface area contributed by atoms with Crippen LogP contribution in [0.5, 0.6) is 0 Å². The molecule has 0 aromatic heterocycles. The first-order valence-corrected chi connectivity index (χ1v) is 41.2. The van der Waals surface area contributed by atoms with E-state index in [0.29, 0.717) is 25.7 Å². The van der Waals surface area contributed by atoms with Crippen LogP contribution in [0.2, 0.25) is 0 Å². The number of hydrogen-bond donors (Lipinski definition) is 3. The van der Waals surface area contributed by atoms with Crippen molar-refractivity contribution in [2.45, 2.75) is 388 Å². The molecular formula is C74H144O17P2. The highest BCUT2D eigenvalue weighted by Crippen LogP contribution is 2.45. The summed E-state index contributed by atoms with van der Waals surface area (Å²) < 4.78 is 68.5. The Bertz CT molecular complexity index is 1840.